The molecule has 12 heavy (non-hydrogen) atoms. The fourth-order valence-electron chi connectivity index (χ4n) is 2.12. The van der Waals surface area contributed by atoms with Crippen LogP contribution in [0.15, 0.2) is 23.8 Å². The molecule has 0 amide bonds. The van der Waals surface area contributed by atoms with Crippen molar-refractivity contribution in [2.75, 3.05) is 0 Å². The Morgan fingerprint density at radius 2 is 2.25 bits per heavy atom. The molecule has 0 nitrogen and oxygen atoms in total. The lowest BCUT2D eigenvalue weighted by atomic mass is 9.94. The molecule has 0 bridgehead atoms. The first kappa shape index (κ1) is 8.65. The van der Waals surface area contributed by atoms with Gasteiger partial charge in [-0.25, -0.2) is 0 Å². The molecule has 0 N–H and O–H groups in total. The average Bonchev–Trinajstić information content (AvgIpc) is 2.25. The molecule has 0 aromatic heterocycles. The molecular formula is C10H12Cl2. The second kappa shape index (κ2) is 2.78. The first-order valence-corrected chi connectivity index (χ1v) is 5.11. The van der Waals surface area contributed by atoms with Crippen molar-refractivity contribution in [2.24, 2.45) is 11.8 Å². The van der Waals surface area contributed by atoms with E-state index >= 15 is 0 Å². The molecule has 66 valence electrons. The van der Waals surface area contributed by atoms with Gasteiger partial charge in [-0.1, -0.05) is 30.7 Å². The molecule has 0 heterocycles. The van der Waals surface area contributed by atoms with Gasteiger partial charge in [-0.2, -0.15) is 0 Å². The topological polar surface area (TPSA) is 0 Å². The highest BCUT2D eigenvalue weighted by atomic mass is 35.5. The Morgan fingerprint density at radius 1 is 1.50 bits per heavy atom. The number of hydrogen-bond acceptors (Lipinski definition) is 0. The first-order chi connectivity index (χ1) is 5.62. The van der Waals surface area contributed by atoms with E-state index in [2.05, 4.69) is 25.2 Å². The maximum atomic E-state index is 6.28. The molecule has 0 radical (unpaired) electrons. The summed E-state index contributed by atoms with van der Waals surface area (Å²) in [5.41, 5.74) is 1.43. The second-order valence-electron chi connectivity index (χ2n) is 3.74. The first-order valence-electron chi connectivity index (χ1n) is 4.35. The summed E-state index contributed by atoms with van der Waals surface area (Å²) in [7, 11) is 0. The monoisotopic (exact) mass is 202 g/mol. The molecule has 2 aliphatic rings. The van der Waals surface area contributed by atoms with E-state index < -0.39 is 4.33 Å². The van der Waals surface area contributed by atoms with Crippen molar-refractivity contribution < 1.29 is 0 Å². The molecule has 1 fully saturated rings. The normalized spacial score (nSPS) is 37.8. The fraction of sp³-hybridized carbons (Fsp3) is 0.600. The van der Waals surface area contributed by atoms with Crippen LogP contribution < -0.4 is 0 Å². The zero-order valence-electron chi connectivity index (χ0n) is 7.06. The smallest absolute Gasteiger partial charge is 0.101 e. The van der Waals surface area contributed by atoms with Crippen molar-refractivity contribution in [1.29, 1.82) is 0 Å². The highest BCUT2D eigenvalue weighted by Gasteiger charge is 2.47. The minimum Gasteiger partial charge on any atom is -0.101 e. The molecule has 0 saturated heterocycles. The van der Waals surface area contributed by atoms with E-state index in [1.54, 1.807) is 0 Å². The van der Waals surface area contributed by atoms with Crippen LogP contribution in [0, 0.1) is 11.8 Å². The van der Waals surface area contributed by atoms with Gasteiger partial charge in [0, 0.05) is 5.92 Å². The van der Waals surface area contributed by atoms with Crippen molar-refractivity contribution in [3.8, 4) is 0 Å². The minimum absolute atomic E-state index is 0.362. The molecule has 0 aliphatic heterocycles. The second-order valence-corrected chi connectivity index (χ2v) is 5.18. The van der Waals surface area contributed by atoms with Gasteiger partial charge in [-0.15, -0.1) is 23.2 Å². The zero-order valence-corrected chi connectivity index (χ0v) is 8.57. The Bertz CT molecular complexity index is 251. The Kier molecular flexibility index (Phi) is 2.00. The van der Waals surface area contributed by atoms with Gasteiger partial charge >= 0.3 is 0 Å². The summed E-state index contributed by atoms with van der Waals surface area (Å²) in [5.74, 6) is 0.748. The molecule has 2 unspecified atom stereocenters. The Morgan fingerprint density at radius 3 is 2.92 bits per heavy atom. The Labute approximate surface area is 83.2 Å². The van der Waals surface area contributed by atoms with E-state index in [9.17, 15) is 0 Å². The molecule has 2 rings (SSSR count). The summed E-state index contributed by atoms with van der Waals surface area (Å²) in [6.07, 6.45) is 8.47. The summed E-state index contributed by atoms with van der Waals surface area (Å²) >= 11 is 12.6. The van der Waals surface area contributed by atoms with Gasteiger partial charge < -0.3 is 0 Å². The van der Waals surface area contributed by atoms with E-state index in [0.717, 1.165) is 12.8 Å². The SMILES string of the molecule is CC1CC2=CC=CCC2C1(Cl)Cl. The molecule has 0 aromatic carbocycles. The lowest BCUT2D eigenvalue weighted by molar-refractivity contribution is 0.499. The fourth-order valence-corrected chi connectivity index (χ4v) is 2.73. The van der Waals surface area contributed by atoms with E-state index in [1.165, 1.54) is 5.57 Å². The van der Waals surface area contributed by atoms with E-state index in [1.807, 2.05) is 0 Å². The maximum Gasteiger partial charge on any atom is 0.127 e. The number of hydrogen-bond donors (Lipinski definition) is 0. The van der Waals surface area contributed by atoms with Crippen LogP contribution in [0.5, 0.6) is 0 Å². The van der Waals surface area contributed by atoms with Gasteiger partial charge in [-0.05, 0) is 18.8 Å². The van der Waals surface area contributed by atoms with Crippen LogP contribution in [0.25, 0.3) is 0 Å². The van der Waals surface area contributed by atoms with Gasteiger partial charge in [-0.3, -0.25) is 0 Å². The quantitative estimate of drug-likeness (QED) is 0.526. The van der Waals surface area contributed by atoms with Crippen LogP contribution in [0.1, 0.15) is 19.8 Å². The number of fused-ring (bicyclic) bond motifs is 1. The number of rotatable bonds is 0. The summed E-state index contributed by atoms with van der Waals surface area (Å²) in [6, 6.07) is 0. The molecule has 2 atom stereocenters. The van der Waals surface area contributed by atoms with E-state index in [-0.39, 0.29) is 0 Å². The van der Waals surface area contributed by atoms with Crippen LogP contribution in [0.4, 0.5) is 0 Å². The number of halogens is 2. The molecule has 0 aromatic rings. The van der Waals surface area contributed by atoms with Crippen LogP contribution in [0.3, 0.4) is 0 Å². The summed E-state index contributed by atoms with van der Waals surface area (Å²) in [5, 5.41) is 0. The highest BCUT2D eigenvalue weighted by molar-refractivity contribution is 6.49. The molecule has 1 saturated carbocycles. The summed E-state index contributed by atoms with van der Waals surface area (Å²) < 4.78 is -0.531. The Hall–Kier alpha value is 0.0600. The van der Waals surface area contributed by atoms with Crippen molar-refractivity contribution in [3.05, 3.63) is 23.8 Å². The molecule has 0 spiro atoms. The van der Waals surface area contributed by atoms with Gasteiger partial charge in [0.25, 0.3) is 0 Å². The molecule has 2 aliphatic carbocycles. The lowest BCUT2D eigenvalue weighted by Gasteiger charge is -2.26. The van der Waals surface area contributed by atoms with Crippen LogP contribution >= 0.6 is 23.2 Å². The zero-order chi connectivity index (χ0) is 8.77. The van der Waals surface area contributed by atoms with Crippen molar-refractivity contribution >= 4 is 23.2 Å². The van der Waals surface area contributed by atoms with Crippen LogP contribution in [0.2, 0.25) is 0 Å². The van der Waals surface area contributed by atoms with Gasteiger partial charge in [0.2, 0.25) is 0 Å². The maximum absolute atomic E-state index is 6.28. The molecule has 2 heteroatoms. The Balaban J connectivity index is 2.33. The third-order valence-electron chi connectivity index (χ3n) is 2.93. The number of allylic oxidation sites excluding steroid dienone is 4. The predicted molar refractivity (Wildman–Crippen MR) is 53.5 cm³/mol. The number of alkyl halides is 2. The van der Waals surface area contributed by atoms with Gasteiger partial charge in [0.05, 0.1) is 0 Å². The van der Waals surface area contributed by atoms with Crippen molar-refractivity contribution in [1.82, 2.24) is 0 Å². The lowest BCUT2D eigenvalue weighted by Crippen LogP contribution is -2.25. The summed E-state index contributed by atoms with van der Waals surface area (Å²) in [6.45, 7) is 2.12. The van der Waals surface area contributed by atoms with Gasteiger partial charge in [0.1, 0.15) is 4.33 Å². The van der Waals surface area contributed by atoms with Crippen LogP contribution in [-0.4, -0.2) is 4.33 Å². The highest BCUT2D eigenvalue weighted by Crippen LogP contribution is 2.53. The minimum atomic E-state index is -0.531. The van der Waals surface area contributed by atoms with Gasteiger partial charge in [0.15, 0.2) is 0 Å². The van der Waals surface area contributed by atoms with Crippen LogP contribution in [-0.2, 0) is 0 Å². The van der Waals surface area contributed by atoms with E-state index in [0.29, 0.717) is 11.8 Å². The van der Waals surface area contributed by atoms with Crippen molar-refractivity contribution in [2.45, 2.75) is 24.1 Å². The third-order valence-corrected chi connectivity index (χ3v) is 4.20. The molecular weight excluding hydrogens is 191 g/mol. The third kappa shape index (κ3) is 1.13. The largest absolute Gasteiger partial charge is 0.127 e. The standard InChI is InChI=1S/C10H12Cl2/c1-7-6-8-4-2-3-5-9(8)10(7,11)12/h2-4,7,9H,5-6H2,1H3. The average molecular weight is 203 g/mol. The predicted octanol–water partition coefficient (Wildman–Crippen LogP) is 3.70. The van der Waals surface area contributed by atoms with Crippen molar-refractivity contribution in [3.63, 3.8) is 0 Å². The summed E-state index contributed by atoms with van der Waals surface area (Å²) in [4.78, 5) is 0. The van der Waals surface area contributed by atoms with E-state index in [4.69, 9.17) is 23.2 Å².